The van der Waals surface area contributed by atoms with Crippen molar-refractivity contribution in [2.75, 3.05) is 6.61 Å². The van der Waals surface area contributed by atoms with E-state index in [1.54, 1.807) is 0 Å². The Morgan fingerprint density at radius 1 is 0.889 bits per heavy atom. The third kappa shape index (κ3) is 13.0. The summed E-state index contributed by atoms with van der Waals surface area (Å²) in [5, 5.41) is 10.2. The van der Waals surface area contributed by atoms with Gasteiger partial charge >= 0.3 is 5.97 Å². The molecule has 0 bridgehead atoms. The van der Waals surface area contributed by atoms with E-state index in [2.05, 4.69) is 6.92 Å². The van der Waals surface area contributed by atoms with E-state index in [0.717, 1.165) is 44.9 Å². The van der Waals surface area contributed by atoms with Crippen LogP contribution < -0.4 is 5.11 Å². The zero-order valence-corrected chi connectivity index (χ0v) is 11.4. The lowest BCUT2D eigenvalue weighted by Gasteiger charge is -2.04. The van der Waals surface area contributed by atoms with Gasteiger partial charge in [0.1, 0.15) is 0 Å². The highest BCUT2D eigenvalue weighted by atomic mass is 16.5. The summed E-state index contributed by atoms with van der Waals surface area (Å²) in [6, 6.07) is 0. The first kappa shape index (κ1) is 16.9. The normalized spacial score (nSPS) is 10.3. The van der Waals surface area contributed by atoms with Crippen LogP contribution in [-0.2, 0) is 14.3 Å². The molecule has 0 amide bonds. The first-order valence-electron chi connectivity index (χ1n) is 7.02. The van der Waals surface area contributed by atoms with Crippen LogP contribution in [0, 0.1) is 0 Å². The highest BCUT2D eigenvalue weighted by Gasteiger charge is 2.01. The number of carbonyl (C=O) groups excluding carboxylic acids is 2. The first-order chi connectivity index (χ1) is 8.66. The number of aliphatic carboxylic acids is 1. The van der Waals surface area contributed by atoms with Crippen molar-refractivity contribution in [3.63, 3.8) is 0 Å². The number of rotatable bonds is 12. The van der Waals surface area contributed by atoms with Crippen LogP contribution in [0.4, 0.5) is 0 Å². The van der Waals surface area contributed by atoms with Gasteiger partial charge in [0.15, 0.2) is 0 Å². The number of hydrogen-bond donors (Lipinski definition) is 0. The minimum Gasteiger partial charge on any atom is -0.550 e. The maximum atomic E-state index is 11.2. The summed E-state index contributed by atoms with van der Waals surface area (Å²) in [5.74, 6) is -1.06. The lowest BCUT2D eigenvalue weighted by molar-refractivity contribution is -0.305. The number of ether oxygens (including phenoxy) is 1. The van der Waals surface area contributed by atoms with Gasteiger partial charge in [-0.2, -0.15) is 0 Å². The maximum Gasteiger partial charge on any atom is 0.305 e. The van der Waals surface area contributed by atoms with Gasteiger partial charge in [0.05, 0.1) is 6.61 Å². The van der Waals surface area contributed by atoms with Gasteiger partial charge < -0.3 is 14.6 Å². The van der Waals surface area contributed by atoms with E-state index in [4.69, 9.17) is 4.74 Å². The van der Waals surface area contributed by atoms with E-state index in [9.17, 15) is 14.7 Å². The van der Waals surface area contributed by atoms with E-state index in [1.165, 1.54) is 0 Å². The van der Waals surface area contributed by atoms with Crippen molar-refractivity contribution < 1.29 is 19.4 Å². The number of carboxylic acid groups (broad SMARTS) is 1. The van der Waals surface area contributed by atoms with Crippen molar-refractivity contribution in [1.29, 1.82) is 0 Å². The number of hydrogen-bond acceptors (Lipinski definition) is 4. The van der Waals surface area contributed by atoms with Gasteiger partial charge in [-0.1, -0.05) is 39.0 Å². The summed E-state index contributed by atoms with van der Waals surface area (Å²) < 4.78 is 5.04. The third-order valence-electron chi connectivity index (χ3n) is 2.77. The Bertz CT molecular complexity index is 226. The number of esters is 1. The number of unbranched alkanes of at least 4 members (excludes halogenated alkanes) is 6. The molecule has 0 aliphatic rings. The molecule has 0 aromatic rings. The summed E-state index contributed by atoms with van der Waals surface area (Å²) >= 11 is 0. The van der Waals surface area contributed by atoms with Gasteiger partial charge in [-0.3, -0.25) is 4.79 Å². The molecule has 0 aliphatic carbocycles. The molecule has 0 rings (SSSR count). The van der Waals surface area contributed by atoms with Crippen LogP contribution >= 0.6 is 0 Å². The summed E-state index contributed by atoms with van der Waals surface area (Å²) in [7, 11) is 0. The minimum absolute atomic E-state index is 0.0969. The standard InChI is InChI=1S/C14H26O4/c1-2-3-12-18-14(17)11-9-7-5-4-6-8-10-13(15)16/h2-12H2,1H3,(H,15,16)/p-1. The fraction of sp³-hybridized carbons (Fsp3) is 0.857. The summed E-state index contributed by atoms with van der Waals surface area (Å²) in [6.07, 6.45) is 8.21. The smallest absolute Gasteiger partial charge is 0.305 e. The SMILES string of the molecule is CCCCOC(=O)CCCCCCCCC(=O)[O-]. The molecule has 4 nitrogen and oxygen atoms in total. The van der Waals surface area contributed by atoms with Gasteiger partial charge in [0.2, 0.25) is 0 Å². The summed E-state index contributed by atoms with van der Waals surface area (Å²) in [6.45, 7) is 2.60. The molecule has 0 saturated heterocycles. The lowest BCUT2D eigenvalue weighted by atomic mass is 10.1. The Balaban J connectivity index is 3.15. The zero-order chi connectivity index (χ0) is 13.6. The molecule has 0 fully saturated rings. The van der Waals surface area contributed by atoms with E-state index in [0.29, 0.717) is 19.4 Å². The third-order valence-corrected chi connectivity index (χ3v) is 2.77. The second kappa shape index (κ2) is 12.4. The molecular formula is C14H25O4-. The van der Waals surface area contributed by atoms with Crippen LogP contribution in [-0.4, -0.2) is 18.5 Å². The molecule has 0 spiro atoms. The highest BCUT2D eigenvalue weighted by Crippen LogP contribution is 2.09. The molecule has 0 atom stereocenters. The maximum absolute atomic E-state index is 11.2. The van der Waals surface area contributed by atoms with E-state index >= 15 is 0 Å². The van der Waals surface area contributed by atoms with E-state index in [-0.39, 0.29) is 12.4 Å². The Morgan fingerprint density at radius 2 is 1.44 bits per heavy atom. The lowest BCUT2D eigenvalue weighted by Crippen LogP contribution is -2.21. The predicted octanol–water partition coefficient (Wildman–Crippen LogP) is 2.20. The topological polar surface area (TPSA) is 66.4 Å². The van der Waals surface area contributed by atoms with Crippen LogP contribution in [0.3, 0.4) is 0 Å². The fourth-order valence-electron chi connectivity index (χ4n) is 1.65. The van der Waals surface area contributed by atoms with Crippen LogP contribution in [0.1, 0.15) is 71.1 Å². The Morgan fingerprint density at radius 3 is 2.00 bits per heavy atom. The van der Waals surface area contributed by atoms with Crippen LogP contribution in [0.25, 0.3) is 0 Å². The molecule has 0 heterocycles. The summed E-state index contributed by atoms with van der Waals surface area (Å²) in [4.78, 5) is 21.4. The van der Waals surface area contributed by atoms with Crippen molar-refractivity contribution >= 4 is 11.9 Å². The second-order valence-corrected chi connectivity index (χ2v) is 4.57. The van der Waals surface area contributed by atoms with E-state index in [1.807, 2.05) is 0 Å². The van der Waals surface area contributed by atoms with Crippen molar-refractivity contribution in [3.8, 4) is 0 Å². The Kier molecular flexibility index (Phi) is 11.7. The van der Waals surface area contributed by atoms with Gasteiger partial charge in [-0.25, -0.2) is 0 Å². The number of carboxylic acids is 1. The largest absolute Gasteiger partial charge is 0.550 e. The van der Waals surface area contributed by atoms with E-state index < -0.39 is 5.97 Å². The van der Waals surface area contributed by atoms with Gasteiger partial charge in [0, 0.05) is 12.4 Å². The second-order valence-electron chi connectivity index (χ2n) is 4.57. The van der Waals surface area contributed by atoms with Gasteiger partial charge in [-0.05, 0) is 25.7 Å². The Hall–Kier alpha value is -1.06. The molecule has 4 heteroatoms. The molecule has 0 radical (unpaired) electrons. The van der Waals surface area contributed by atoms with Gasteiger partial charge in [-0.15, -0.1) is 0 Å². The first-order valence-corrected chi connectivity index (χ1v) is 7.02. The predicted molar refractivity (Wildman–Crippen MR) is 67.8 cm³/mol. The molecule has 18 heavy (non-hydrogen) atoms. The molecule has 0 aromatic carbocycles. The number of carbonyl (C=O) groups is 2. The average molecular weight is 257 g/mol. The molecule has 106 valence electrons. The van der Waals surface area contributed by atoms with Crippen molar-refractivity contribution in [2.45, 2.75) is 71.1 Å². The van der Waals surface area contributed by atoms with Crippen LogP contribution in [0.15, 0.2) is 0 Å². The quantitative estimate of drug-likeness (QED) is 0.397. The molecule has 0 saturated carbocycles. The van der Waals surface area contributed by atoms with Gasteiger partial charge in [0.25, 0.3) is 0 Å². The van der Waals surface area contributed by atoms with Crippen LogP contribution in [0.2, 0.25) is 0 Å². The molecule has 0 unspecified atom stereocenters. The van der Waals surface area contributed by atoms with Crippen molar-refractivity contribution in [2.24, 2.45) is 0 Å². The van der Waals surface area contributed by atoms with Crippen LogP contribution in [0.5, 0.6) is 0 Å². The fourth-order valence-corrected chi connectivity index (χ4v) is 1.65. The molecule has 0 N–H and O–H groups in total. The van der Waals surface area contributed by atoms with Crippen molar-refractivity contribution in [1.82, 2.24) is 0 Å². The zero-order valence-electron chi connectivity index (χ0n) is 11.4. The Labute approximate surface area is 110 Å². The van der Waals surface area contributed by atoms with Crippen molar-refractivity contribution in [3.05, 3.63) is 0 Å². The monoisotopic (exact) mass is 257 g/mol. The summed E-state index contributed by atoms with van der Waals surface area (Å²) in [5.41, 5.74) is 0. The average Bonchev–Trinajstić information content (AvgIpc) is 2.32. The molecule has 0 aliphatic heterocycles. The molecular weight excluding hydrogens is 232 g/mol. The molecule has 0 aromatic heterocycles. The highest BCUT2D eigenvalue weighted by molar-refractivity contribution is 5.69. The minimum atomic E-state index is -0.968.